The van der Waals surface area contributed by atoms with Crippen molar-refractivity contribution in [2.45, 2.75) is 45.6 Å². The first kappa shape index (κ1) is 25.1. The summed E-state index contributed by atoms with van der Waals surface area (Å²) in [5, 5.41) is 3.16. The Balaban J connectivity index is 2.30. The molecular weight excluding hydrogens is 438 g/mol. The number of rotatable bonds is 6. The summed E-state index contributed by atoms with van der Waals surface area (Å²) in [6.07, 6.45) is 1.41. The third-order valence-electron chi connectivity index (χ3n) is 4.86. The van der Waals surface area contributed by atoms with Crippen LogP contribution in [0.15, 0.2) is 34.2 Å². The highest BCUT2D eigenvalue weighted by Crippen LogP contribution is 2.33. The zero-order valence-electron chi connectivity index (χ0n) is 18.8. The van der Waals surface area contributed by atoms with Crippen LogP contribution in [-0.4, -0.2) is 61.1 Å². The fraction of sp³-hybridized carbons (Fsp3) is 0.476. The maximum atomic E-state index is 12.9. The molecule has 1 fully saturated rings. The first-order valence-corrected chi connectivity index (χ1v) is 12.1. The number of ketones is 1. The molecule has 1 aliphatic rings. The van der Waals surface area contributed by atoms with Crippen molar-refractivity contribution in [1.82, 2.24) is 9.21 Å². The number of anilines is 1. The number of nitrogens with one attached hydrogen (secondary N) is 1. The standard InChI is InChI=1S/C21H29N3O5S2/c1-13-8-9-15(31(28,29)23(6)7)10-16(13)22-20(27)14(2)24-18(26)12-30-19(24)11-17(25)21(3,4)5/h8-11,14H,12H2,1-7H3,(H,22,27)/b19-11-. The summed E-state index contributed by atoms with van der Waals surface area (Å²) in [5.41, 5.74) is 0.417. The quantitative estimate of drug-likeness (QED) is 0.645. The molecule has 0 aliphatic carbocycles. The van der Waals surface area contributed by atoms with Crippen LogP contribution in [0.4, 0.5) is 5.69 Å². The van der Waals surface area contributed by atoms with E-state index in [1.54, 1.807) is 40.7 Å². The van der Waals surface area contributed by atoms with Gasteiger partial charge in [0.2, 0.25) is 21.8 Å². The molecular formula is C21H29N3O5S2. The average molecular weight is 468 g/mol. The normalized spacial score (nSPS) is 17.4. The number of allylic oxidation sites excluding steroid dienone is 1. The average Bonchev–Trinajstić information content (AvgIpc) is 3.01. The van der Waals surface area contributed by atoms with Gasteiger partial charge < -0.3 is 5.32 Å². The summed E-state index contributed by atoms with van der Waals surface area (Å²) in [6.45, 7) is 8.67. The topological polar surface area (TPSA) is 104 Å². The van der Waals surface area contributed by atoms with Gasteiger partial charge in [-0.05, 0) is 31.5 Å². The summed E-state index contributed by atoms with van der Waals surface area (Å²) in [4.78, 5) is 39.1. The molecule has 0 bridgehead atoms. The Bertz CT molecular complexity index is 1040. The number of carbonyl (C=O) groups is 3. The minimum Gasteiger partial charge on any atom is -0.324 e. The molecule has 1 aromatic rings. The first-order chi connectivity index (χ1) is 14.2. The van der Waals surface area contributed by atoms with E-state index in [2.05, 4.69) is 5.32 Å². The fourth-order valence-corrected chi connectivity index (χ4v) is 4.63. The zero-order chi connectivity index (χ0) is 23.7. The number of hydrogen-bond acceptors (Lipinski definition) is 6. The first-order valence-electron chi connectivity index (χ1n) is 9.71. The Labute approximate surface area is 188 Å². The summed E-state index contributed by atoms with van der Waals surface area (Å²) < 4.78 is 25.9. The van der Waals surface area contributed by atoms with Crippen molar-refractivity contribution in [2.24, 2.45) is 5.41 Å². The summed E-state index contributed by atoms with van der Waals surface area (Å²) >= 11 is 1.22. The van der Waals surface area contributed by atoms with Gasteiger partial charge in [-0.1, -0.05) is 38.6 Å². The Morgan fingerprint density at radius 1 is 1.26 bits per heavy atom. The lowest BCUT2D eigenvalue weighted by Gasteiger charge is -2.25. The lowest BCUT2D eigenvalue weighted by atomic mass is 9.91. The van der Waals surface area contributed by atoms with Gasteiger partial charge in [-0.25, -0.2) is 12.7 Å². The van der Waals surface area contributed by atoms with Crippen LogP contribution in [0.5, 0.6) is 0 Å². The molecule has 1 unspecified atom stereocenters. The Hall–Kier alpha value is -2.17. The van der Waals surface area contributed by atoms with Gasteiger partial charge in [0, 0.05) is 31.3 Å². The van der Waals surface area contributed by atoms with E-state index in [-0.39, 0.29) is 22.3 Å². The second-order valence-electron chi connectivity index (χ2n) is 8.58. The van der Waals surface area contributed by atoms with Crippen LogP contribution in [0, 0.1) is 12.3 Å². The van der Waals surface area contributed by atoms with Crippen molar-refractivity contribution in [3.63, 3.8) is 0 Å². The van der Waals surface area contributed by atoms with E-state index in [1.165, 1.54) is 49.0 Å². The molecule has 1 aromatic carbocycles. The highest BCUT2D eigenvalue weighted by atomic mass is 32.2. The van der Waals surface area contributed by atoms with Gasteiger partial charge in [0.25, 0.3) is 0 Å². The van der Waals surface area contributed by atoms with Gasteiger partial charge in [-0.15, -0.1) is 0 Å². The Kier molecular flexibility index (Phi) is 7.39. The van der Waals surface area contributed by atoms with E-state index in [0.717, 1.165) is 4.31 Å². The van der Waals surface area contributed by atoms with Gasteiger partial charge in [0.05, 0.1) is 15.7 Å². The van der Waals surface area contributed by atoms with E-state index < -0.39 is 27.4 Å². The minimum atomic E-state index is -3.67. The van der Waals surface area contributed by atoms with Crippen molar-refractivity contribution in [1.29, 1.82) is 0 Å². The van der Waals surface area contributed by atoms with Crippen molar-refractivity contribution in [3.05, 3.63) is 34.9 Å². The monoisotopic (exact) mass is 467 g/mol. The molecule has 8 nitrogen and oxygen atoms in total. The number of aryl methyl sites for hydroxylation is 1. The molecule has 1 saturated heterocycles. The second kappa shape index (κ2) is 9.13. The van der Waals surface area contributed by atoms with E-state index in [9.17, 15) is 22.8 Å². The third kappa shape index (κ3) is 5.55. The molecule has 0 saturated carbocycles. The van der Waals surface area contributed by atoms with Gasteiger partial charge in [-0.2, -0.15) is 0 Å². The van der Waals surface area contributed by atoms with Crippen LogP contribution >= 0.6 is 11.8 Å². The largest absolute Gasteiger partial charge is 0.324 e. The smallest absolute Gasteiger partial charge is 0.247 e. The van der Waals surface area contributed by atoms with Crippen molar-refractivity contribution < 1.29 is 22.8 Å². The molecule has 1 N–H and O–H groups in total. The van der Waals surface area contributed by atoms with E-state index in [0.29, 0.717) is 16.3 Å². The van der Waals surface area contributed by atoms with E-state index in [1.807, 2.05) is 0 Å². The summed E-state index contributed by atoms with van der Waals surface area (Å²) in [6, 6.07) is 3.61. The molecule has 10 heteroatoms. The maximum absolute atomic E-state index is 12.9. The fourth-order valence-electron chi connectivity index (χ4n) is 2.71. The van der Waals surface area contributed by atoms with Crippen LogP contribution in [-0.2, 0) is 24.4 Å². The van der Waals surface area contributed by atoms with E-state index in [4.69, 9.17) is 0 Å². The maximum Gasteiger partial charge on any atom is 0.247 e. The van der Waals surface area contributed by atoms with Gasteiger partial charge in [0.1, 0.15) is 6.04 Å². The molecule has 1 heterocycles. The number of sulfonamides is 1. The number of amides is 2. The molecule has 0 radical (unpaired) electrons. The van der Waals surface area contributed by atoms with Crippen LogP contribution in [0.1, 0.15) is 33.3 Å². The molecule has 1 aliphatic heterocycles. The van der Waals surface area contributed by atoms with Crippen LogP contribution in [0.25, 0.3) is 0 Å². The Morgan fingerprint density at radius 2 is 1.87 bits per heavy atom. The SMILES string of the molecule is Cc1ccc(S(=O)(=O)N(C)C)cc1NC(=O)C(C)N1C(=O)CS/C1=C\C(=O)C(C)(C)C. The third-order valence-corrected chi connectivity index (χ3v) is 7.67. The van der Waals surface area contributed by atoms with E-state index >= 15 is 0 Å². The molecule has 2 rings (SSSR count). The molecule has 1 atom stereocenters. The van der Waals surface area contributed by atoms with Gasteiger partial charge in [-0.3, -0.25) is 19.3 Å². The lowest BCUT2D eigenvalue weighted by Crippen LogP contribution is -2.42. The number of nitrogens with zero attached hydrogens (tertiary/aromatic N) is 2. The van der Waals surface area contributed by atoms with Crippen LogP contribution < -0.4 is 5.32 Å². The van der Waals surface area contributed by atoms with Gasteiger partial charge in [0.15, 0.2) is 5.78 Å². The predicted molar refractivity (Wildman–Crippen MR) is 122 cm³/mol. The van der Waals surface area contributed by atoms with Crippen molar-refractivity contribution in [2.75, 3.05) is 25.2 Å². The van der Waals surface area contributed by atoms with Crippen LogP contribution in [0.2, 0.25) is 0 Å². The number of carbonyl (C=O) groups excluding carboxylic acids is 3. The molecule has 2 amide bonds. The zero-order valence-corrected chi connectivity index (χ0v) is 20.5. The molecule has 0 aromatic heterocycles. The molecule has 170 valence electrons. The summed E-state index contributed by atoms with van der Waals surface area (Å²) in [7, 11) is -0.806. The lowest BCUT2D eigenvalue weighted by molar-refractivity contribution is -0.132. The van der Waals surface area contributed by atoms with Gasteiger partial charge >= 0.3 is 0 Å². The highest BCUT2D eigenvalue weighted by molar-refractivity contribution is 8.04. The highest BCUT2D eigenvalue weighted by Gasteiger charge is 2.36. The number of benzene rings is 1. The predicted octanol–water partition coefficient (Wildman–Crippen LogP) is 2.60. The molecule has 0 spiro atoms. The second-order valence-corrected chi connectivity index (χ2v) is 11.7. The Morgan fingerprint density at radius 3 is 2.42 bits per heavy atom. The number of hydrogen-bond donors (Lipinski definition) is 1. The van der Waals surface area contributed by atoms with Crippen molar-refractivity contribution in [3.8, 4) is 0 Å². The number of thioether (sulfide) groups is 1. The molecule has 31 heavy (non-hydrogen) atoms. The minimum absolute atomic E-state index is 0.0511. The van der Waals surface area contributed by atoms with Crippen molar-refractivity contribution >= 4 is 45.1 Å². The van der Waals surface area contributed by atoms with Crippen LogP contribution in [0.3, 0.4) is 0 Å². The summed E-state index contributed by atoms with van der Waals surface area (Å²) in [5.74, 6) is -0.732.